The molecule has 25 heavy (non-hydrogen) atoms. The summed E-state index contributed by atoms with van der Waals surface area (Å²) in [6.45, 7) is 6.13. The van der Waals surface area contributed by atoms with Crippen molar-refractivity contribution in [3.63, 3.8) is 0 Å². The van der Waals surface area contributed by atoms with Crippen molar-refractivity contribution in [3.05, 3.63) is 34.9 Å². The van der Waals surface area contributed by atoms with Gasteiger partial charge in [-0.15, -0.1) is 0 Å². The van der Waals surface area contributed by atoms with Gasteiger partial charge in [-0.1, -0.05) is 44.8 Å². The first-order valence-electron chi connectivity index (χ1n) is 9.86. The number of rotatable bonds is 8. The molecule has 1 aromatic rings. The van der Waals surface area contributed by atoms with Crippen LogP contribution in [0.2, 0.25) is 0 Å². The van der Waals surface area contributed by atoms with Crippen LogP contribution in [-0.4, -0.2) is 6.61 Å². The third kappa shape index (κ3) is 5.55. The average molecular weight is 350 g/mol. The number of aryl methyl sites for hydroxylation is 1. The summed E-state index contributed by atoms with van der Waals surface area (Å²) in [5, 5.41) is 0. The van der Waals surface area contributed by atoms with E-state index in [-0.39, 0.29) is 5.75 Å². The van der Waals surface area contributed by atoms with Crippen molar-refractivity contribution < 1.29 is 13.5 Å². The summed E-state index contributed by atoms with van der Waals surface area (Å²) in [7, 11) is 0. The lowest BCUT2D eigenvalue weighted by molar-refractivity contribution is 0.290. The van der Waals surface area contributed by atoms with Crippen LogP contribution in [0.5, 0.6) is 5.75 Å². The molecule has 0 unspecified atom stereocenters. The van der Waals surface area contributed by atoms with Crippen LogP contribution in [0.15, 0.2) is 12.1 Å². The van der Waals surface area contributed by atoms with E-state index in [1.165, 1.54) is 38.5 Å². The first-order valence-corrected chi connectivity index (χ1v) is 9.86. The Kier molecular flexibility index (Phi) is 7.92. The predicted octanol–water partition coefficient (Wildman–Crippen LogP) is 7.07. The van der Waals surface area contributed by atoms with Gasteiger partial charge in [-0.2, -0.15) is 4.39 Å². The second-order valence-corrected chi connectivity index (χ2v) is 7.30. The summed E-state index contributed by atoms with van der Waals surface area (Å²) >= 11 is 0. The minimum absolute atomic E-state index is 0.00207. The number of halogens is 2. The lowest BCUT2D eigenvalue weighted by Gasteiger charge is -2.26. The summed E-state index contributed by atoms with van der Waals surface area (Å²) in [6, 6.07) is 1.59. The number of hydrogen-bond acceptors (Lipinski definition) is 1. The van der Waals surface area contributed by atoms with Gasteiger partial charge in [0.1, 0.15) is 0 Å². The zero-order chi connectivity index (χ0) is 18.2. The molecule has 0 amide bonds. The molecule has 1 aromatic carbocycles. The molecule has 2 rings (SSSR count). The van der Waals surface area contributed by atoms with Gasteiger partial charge in [0.2, 0.25) is 5.82 Å². The first-order chi connectivity index (χ1) is 12.1. The summed E-state index contributed by atoms with van der Waals surface area (Å²) in [6.07, 6.45) is 14.0. The van der Waals surface area contributed by atoms with E-state index in [9.17, 15) is 8.78 Å². The Morgan fingerprint density at radius 3 is 2.44 bits per heavy atom. The Hall–Kier alpha value is -1.38. The molecule has 1 nitrogen and oxygen atoms in total. The second kappa shape index (κ2) is 9.94. The SMILES string of the molecule is CCCCCC1CCC(C=Cc2c(C)cc(OCC)c(F)c2F)CC1. The van der Waals surface area contributed by atoms with E-state index >= 15 is 0 Å². The zero-order valence-corrected chi connectivity index (χ0v) is 15.9. The van der Waals surface area contributed by atoms with Gasteiger partial charge in [0.05, 0.1) is 6.61 Å². The molecule has 1 saturated carbocycles. The Morgan fingerprint density at radius 2 is 1.80 bits per heavy atom. The molecular weight excluding hydrogens is 318 g/mol. The summed E-state index contributed by atoms with van der Waals surface area (Å²) in [5.41, 5.74) is 1.07. The van der Waals surface area contributed by atoms with Gasteiger partial charge in [-0.3, -0.25) is 0 Å². The van der Waals surface area contributed by atoms with Gasteiger partial charge >= 0.3 is 0 Å². The minimum atomic E-state index is -0.883. The van der Waals surface area contributed by atoms with Crippen LogP contribution in [0.3, 0.4) is 0 Å². The van der Waals surface area contributed by atoms with Crippen molar-refractivity contribution in [2.24, 2.45) is 11.8 Å². The normalized spacial score (nSPS) is 21.0. The smallest absolute Gasteiger partial charge is 0.201 e. The number of hydrogen-bond donors (Lipinski definition) is 0. The lowest BCUT2D eigenvalue weighted by Crippen LogP contribution is -2.13. The van der Waals surface area contributed by atoms with Gasteiger partial charge in [0, 0.05) is 5.56 Å². The van der Waals surface area contributed by atoms with Crippen molar-refractivity contribution in [1.82, 2.24) is 0 Å². The van der Waals surface area contributed by atoms with Gasteiger partial charge in [0.15, 0.2) is 11.6 Å². The molecule has 140 valence electrons. The van der Waals surface area contributed by atoms with Crippen LogP contribution in [0.1, 0.15) is 76.3 Å². The van der Waals surface area contributed by atoms with Crippen molar-refractivity contribution >= 4 is 6.08 Å². The molecule has 0 saturated heterocycles. The molecule has 0 radical (unpaired) electrons. The maximum absolute atomic E-state index is 14.3. The van der Waals surface area contributed by atoms with E-state index in [0.717, 1.165) is 18.8 Å². The summed E-state index contributed by atoms with van der Waals surface area (Å²) < 4.78 is 33.5. The maximum Gasteiger partial charge on any atom is 0.201 e. The molecule has 0 aliphatic heterocycles. The van der Waals surface area contributed by atoms with Gasteiger partial charge in [0.25, 0.3) is 0 Å². The summed E-state index contributed by atoms with van der Waals surface area (Å²) in [5.74, 6) is -0.338. The maximum atomic E-state index is 14.3. The van der Waals surface area contributed by atoms with Crippen molar-refractivity contribution in [3.8, 4) is 5.75 Å². The molecule has 0 heterocycles. The van der Waals surface area contributed by atoms with Crippen LogP contribution >= 0.6 is 0 Å². The highest BCUT2D eigenvalue weighted by atomic mass is 19.2. The number of allylic oxidation sites excluding steroid dienone is 1. The quantitative estimate of drug-likeness (QED) is 0.455. The third-order valence-corrected chi connectivity index (χ3v) is 5.36. The van der Waals surface area contributed by atoms with Gasteiger partial charge < -0.3 is 4.74 Å². The van der Waals surface area contributed by atoms with Crippen LogP contribution < -0.4 is 4.74 Å². The molecule has 3 heteroatoms. The molecule has 0 N–H and O–H groups in total. The molecule has 1 aliphatic rings. The van der Waals surface area contributed by atoms with Crippen LogP contribution in [0.4, 0.5) is 8.78 Å². The Morgan fingerprint density at radius 1 is 1.08 bits per heavy atom. The van der Waals surface area contributed by atoms with Crippen molar-refractivity contribution in [1.29, 1.82) is 0 Å². The molecule has 1 aliphatic carbocycles. The Labute approximate surface area is 151 Å². The monoisotopic (exact) mass is 350 g/mol. The van der Waals surface area contributed by atoms with Crippen LogP contribution in [-0.2, 0) is 0 Å². The zero-order valence-electron chi connectivity index (χ0n) is 15.9. The molecule has 0 bridgehead atoms. The van der Waals surface area contributed by atoms with E-state index in [4.69, 9.17) is 4.74 Å². The lowest BCUT2D eigenvalue weighted by atomic mass is 9.79. The van der Waals surface area contributed by atoms with E-state index in [1.807, 2.05) is 0 Å². The predicted molar refractivity (Wildman–Crippen MR) is 101 cm³/mol. The van der Waals surface area contributed by atoms with Gasteiger partial charge in [-0.25, -0.2) is 4.39 Å². The molecular formula is C22H32F2O. The fourth-order valence-corrected chi connectivity index (χ4v) is 3.79. The van der Waals surface area contributed by atoms with E-state index in [1.54, 1.807) is 26.0 Å². The number of ether oxygens (including phenoxy) is 1. The van der Waals surface area contributed by atoms with Crippen LogP contribution in [0.25, 0.3) is 6.08 Å². The highest BCUT2D eigenvalue weighted by Crippen LogP contribution is 2.34. The number of unbranched alkanes of at least 4 members (excludes halogenated alkanes) is 2. The average Bonchev–Trinajstić information content (AvgIpc) is 2.61. The molecule has 1 fully saturated rings. The molecule has 0 spiro atoms. The Bertz CT molecular complexity index is 572. The van der Waals surface area contributed by atoms with Crippen LogP contribution in [0, 0.1) is 30.4 Å². The first kappa shape index (κ1) is 19.9. The van der Waals surface area contributed by atoms with Crippen molar-refractivity contribution in [2.75, 3.05) is 6.61 Å². The third-order valence-electron chi connectivity index (χ3n) is 5.36. The second-order valence-electron chi connectivity index (χ2n) is 7.30. The highest BCUT2D eigenvalue weighted by Gasteiger charge is 2.20. The highest BCUT2D eigenvalue weighted by molar-refractivity contribution is 5.57. The Balaban J connectivity index is 1.95. The minimum Gasteiger partial charge on any atom is -0.491 e. The van der Waals surface area contributed by atoms with Gasteiger partial charge in [-0.05, 0) is 63.0 Å². The van der Waals surface area contributed by atoms with E-state index in [0.29, 0.717) is 23.7 Å². The van der Waals surface area contributed by atoms with Crippen molar-refractivity contribution in [2.45, 2.75) is 72.1 Å². The molecule has 0 aromatic heterocycles. The largest absolute Gasteiger partial charge is 0.491 e. The fourth-order valence-electron chi connectivity index (χ4n) is 3.79. The number of benzene rings is 1. The topological polar surface area (TPSA) is 9.23 Å². The summed E-state index contributed by atoms with van der Waals surface area (Å²) in [4.78, 5) is 0. The molecule has 0 atom stereocenters. The fraction of sp³-hybridized carbons (Fsp3) is 0.636. The standard InChI is InChI=1S/C22H32F2O/c1-4-6-7-8-17-9-11-18(12-10-17)13-14-19-16(3)15-20(25-5-2)22(24)21(19)23/h13-15,17-18H,4-12H2,1-3H3. The van der Waals surface area contributed by atoms with E-state index in [2.05, 4.69) is 13.0 Å². The van der Waals surface area contributed by atoms with E-state index < -0.39 is 11.6 Å².